The van der Waals surface area contributed by atoms with Crippen molar-refractivity contribution in [3.05, 3.63) is 10.6 Å². The Balaban J connectivity index is 1.57. The van der Waals surface area contributed by atoms with E-state index in [0.717, 1.165) is 12.5 Å². The predicted molar refractivity (Wildman–Crippen MR) is 95.2 cm³/mol. The average Bonchev–Trinajstić information content (AvgIpc) is 2.98. The second-order valence-electron chi connectivity index (χ2n) is 7.62. The Morgan fingerprint density at radius 2 is 1.83 bits per heavy atom. The molecular formula is C16H26N4O2S2. The summed E-state index contributed by atoms with van der Waals surface area (Å²) in [6.07, 6.45) is 8.44. The van der Waals surface area contributed by atoms with E-state index >= 15 is 0 Å². The van der Waals surface area contributed by atoms with Crippen LogP contribution in [0.15, 0.2) is 0 Å². The van der Waals surface area contributed by atoms with Crippen LogP contribution in [-0.2, 0) is 23.6 Å². The summed E-state index contributed by atoms with van der Waals surface area (Å²) >= 11 is 5.59. The third kappa shape index (κ3) is 3.20. The predicted octanol–water partition coefficient (Wildman–Crippen LogP) is 2.22. The lowest BCUT2D eigenvalue weighted by Gasteiger charge is -2.28. The van der Waals surface area contributed by atoms with Crippen molar-refractivity contribution in [3.63, 3.8) is 0 Å². The summed E-state index contributed by atoms with van der Waals surface area (Å²) in [5, 5.41) is 4.75. The smallest absolute Gasteiger partial charge is 0.198 e. The zero-order chi connectivity index (χ0) is 16.9. The molecule has 2 saturated carbocycles. The van der Waals surface area contributed by atoms with Crippen LogP contribution in [0.1, 0.15) is 56.7 Å². The Hall–Kier alpha value is -0.730. The van der Waals surface area contributed by atoms with Gasteiger partial charge in [0.05, 0.1) is 18.2 Å². The standard InChI is InChI=1S/C16H26N4O2S2/c1-18-15(12-8-9-24(21,22)10-12)17-20(16(18)23)11-19(14-6-7-14)13-4-2-3-5-13/h12-14H,2-11H2,1H3. The minimum absolute atomic E-state index is 0.0104. The Labute approximate surface area is 148 Å². The second kappa shape index (κ2) is 6.21. The van der Waals surface area contributed by atoms with E-state index in [1.807, 2.05) is 16.3 Å². The van der Waals surface area contributed by atoms with Crippen molar-refractivity contribution < 1.29 is 8.42 Å². The maximum absolute atomic E-state index is 11.8. The van der Waals surface area contributed by atoms with Crippen molar-refractivity contribution in [1.29, 1.82) is 0 Å². The zero-order valence-electron chi connectivity index (χ0n) is 14.2. The highest BCUT2D eigenvalue weighted by Gasteiger charge is 2.36. The SMILES string of the molecule is Cn1c(C2CCS(=O)(=O)C2)nn(CN(C2CCCC2)C2CC2)c1=S. The largest absolute Gasteiger partial charge is 0.307 e. The Bertz CT molecular complexity index is 772. The second-order valence-corrected chi connectivity index (χ2v) is 10.2. The molecule has 1 atom stereocenters. The van der Waals surface area contributed by atoms with Gasteiger partial charge in [0.2, 0.25) is 0 Å². The van der Waals surface area contributed by atoms with Gasteiger partial charge in [0.25, 0.3) is 0 Å². The quantitative estimate of drug-likeness (QED) is 0.744. The molecule has 0 amide bonds. The molecule has 1 unspecified atom stereocenters. The van der Waals surface area contributed by atoms with Crippen molar-refractivity contribution >= 4 is 22.1 Å². The molecule has 0 N–H and O–H groups in total. The van der Waals surface area contributed by atoms with E-state index in [1.165, 1.54) is 38.5 Å². The molecule has 0 radical (unpaired) electrons. The first-order chi connectivity index (χ1) is 11.4. The minimum atomic E-state index is -2.91. The fraction of sp³-hybridized carbons (Fsp3) is 0.875. The zero-order valence-corrected chi connectivity index (χ0v) is 15.9. The molecule has 2 aliphatic carbocycles. The van der Waals surface area contributed by atoms with Gasteiger partial charge in [0.15, 0.2) is 14.6 Å². The summed E-state index contributed by atoms with van der Waals surface area (Å²) in [4.78, 5) is 2.59. The highest BCUT2D eigenvalue weighted by atomic mass is 32.2. The van der Waals surface area contributed by atoms with E-state index < -0.39 is 9.84 Å². The van der Waals surface area contributed by atoms with E-state index in [-0.39, 0.29) is 17.4 Å². The van der Waals surface area contributed by atoms with Gasteiger partial charge in [0.1, 0.15) is 5.82 Å². The van der Waals surface area contributed by atoms with Gasteiger partial charge in [0, 0.05) is 25.0 Å². The van der Waals surface area contributed by atoms with Crippen molar-refractivity contribution in [3.8, 4) is 0 Å². The fourth-order valence-electron chi connectivity index (χ4n) is 4.28. The van der Waals surface area contributed by atoms with Gasteiger partial charge in [-0.2, -0.15) is 5.10 Å². The third-order valence-corrected chi connectivity index (χ3v) is 8.03. The van der Waals surface area contributed by atoms with Crippen molar-refractivity contribution in [1.82, 2.24) is 19.2 Å². The number of sulfone groups is 1. The normalized spacial score (nSPS) is 27.3. The number of nitrogens with zero attached hydrogens (tertiary/aromatic N) is 4. The fourth-order valence-corrected chi connectivity index (χ4v) is 6.21. The first kappa shape index (κ1) is 16.7. The molecule has 1 aromatic rings. The van der Waals surface area contributed by atoms with Crippen LogP contribution in [0.3, 0.4) is 0 Å². The molecule has 2 heterocycles. The minimum Gasteiger partial charge on any atom is -0.307 e. The van der Waals surface area contributed by atoms with Crippen LogP contribution < -0.4 is 0 Å². The highest BCUT2D eigenvalue weighted by molar-refractivity contribution is 7.91. The summed E-state index contributed by atoms with van der Waals surface area (Å²) < 4.78 is 28.1. The van der Waals surface area contributed by atoms with Crippen molar-refractivity contribution in [2.45, 2.75) is 69.6 Å². The number of aromatic nitrogens is 3. The lowest BCUT2D eigenvalue weighted by atomic mass is 10.1. The van der Waals surface area contributed by atoms with Crippen LogP contribution in [0.25, 0.3) is 0 Å². The molecule has 0 aromatic carbocycles. The Morgan fingerprint density at radius 3 is 2.42 bits per heavy atom. The van der Waals surface area contributed by atoms with Gasteiger partial charge in [-0.25, -0.2) is 13.1 Å². The van der Waals surface area contributed by atoms with Crippen LogP contribution in [0, 0.1) is 4.77 Å². The summed E-state index contributed by atoms with van der Waals surface area (Å²) in [5.41, 5.74) is 0. The Morgan fingerprint density at radius 1 is 1.17 bits per heavy atom. The number of hydrogen-bond acceptors (Lipinski definition) is 5. The monoisotopic (exact) mass is 370 g/mol. The number of hydrogen-bond donors (Lipinski definition) is 0. The van der Waals surface area contributed by atoms with E-state index in [4.69, 9.17) is 17.3 Å². The van der Waals surface area contributed by atoms with Crippen LogP contribution >= 0.6 is 12.2 Å². The van der Waals surface area contributed by atoms with E-state index in [9.17, 15) is 8.42 Å². The van der Waals surface area contributed by atoms with Gasteiger partial charge < -0.3 is 4.57 Å². The van der Waals surface area contributed by atoms with Crippen molar-refractivity contribution in [2.75, 3.05) is 11.5 Å². The van der Waals surface area contributed by atoms with E-state index in [2.05, 4.69) is 4.90 Å². The van der Waals surface area contributed by atoms with Gasteiger partial charge in [-0.15, -0.1) is 0 Å². The molecule has 24 heavy (non-hydrogen) atoms. The Kier molecular flexibility index (Phi) is 4.33. The first-order valence-electron chi connectivity index (χ1n) is 9.04. The summed E-state index contributed by atoms with van der Waals surface area (Å²) in [6, 6.07) is 1.35. The molecule has 8 heteroatoms. The average molecular weight is 371 g/mol. The molecule has 3 aliphatic rings. The molecule has 6 nitrogen and oxygen atoms in total. The molecular weight excluding hydrogens is 344 g/mol. The van der Waals surface area contributed by atoms with Gasteiger partial charge >= 0.3 is 0 Å². The number of rotatable bonds is 5. The van der Waals surface area contributed by atoms with E-state index in [0.29, 0.717) is 23.3 Å². The topological polar surface area (TPSA) is 60.1 Å². The van der Waals surface area contributed by atoms with Gasteiger partial charge in [-0.1, -0.05) is 12.8 Å². The maximum Gasteiger partial charge on any atom is 0.198 e. The molecule has 3 fully saturated rings. The third-order valence-electron chi connectivity index (χ3n) is 5.78. The van der Waals surface area contributed by atoms with Crippen LogP contribution in [0.5, 0.6) is 0 Å². The lowest BCUT2D eigenvalue weighted by Crippen LogP contribution is -2.37. The maximum atomic E-state index is 11.8. The van der Waals surface area contributed by atoms with Gasteiger partial charge in [-0.3, -0.25) is 4.90 Å². The summed E-state index contributed by atoms with van der Waals surface area (Å²) in [5.74, 6) is 1.31. The molecule has 1 aliphatic heterocycles. The van der Waals surface area contributed by atoms with Crippen LogP contribution in [-0.4, -0.2) is 51.3 Å². The van der Waals surface area contributed by atoms with Crippen LogP contribution in [0.4, 0.5) is 0 Å². The van der Waals surface area contributed by atoms with Crippen molar-refractivity contribution in [2.24, 2.45) is 7.05 Å². The first-order valence-corrected chi connectivity index (χ1v) is 11.3. The van der Waals surface area contributed by atoms with E-state index in [1.54, 1.807) is 0 Å². The molecule has 0 spiro atoms. The molecule has 134 valence electrons. The van der Waals surface area contributed by atoms with Gasteiger partial charge in [-0.05, 0) is 44.3 Å². The molecule has 0 bridgehead atoms. The molecule has 1 saturated heterocycles. The highest BCUT2D eigenvalue weighted by Crippen LogP contribution is 2.35. The molecule has 4 rings (SSSR count). The summed E-state index contributed by atoms with van der Waals surface area (Å²) in [7, 11) is -0.991. The van der Waals surface area contributed by atoms with Crippen LogP contribution in [0.2, 0.25) is 0 Å². The summed E-state index contributed by atoms with van der Waals surface area (Å²) in [6.45, 7) is 0.751. The lowest BCUT2D eigenvalue weighted by molar-refractivity contribution is 0.134. The molecule has 1 aromatic heterocycles.